The van der Waals surface area contributed by atoms with Crippen molar-refractivity contribution >= 4 is 17.8 Å². The molecule has 0 aromatic heterocycles. The number of hydrogen-bond acceptors (Lipinski definition) is 3. The Morgan fingerprint density at radius 2 is 2.31 bits per heavy atom. The number of nitrogens with zero attached hydrogens (tertiary/aromatic N) is 1. The van der Waals surface area contributed by atoms with Crippen molar-refractivity contribution in [1.29, 1.82) is 0 Å². The number of methoxy groups -OCH3 is 1. The molecule has 0 amide bonds. The molecule has 5 heteroatoms. The summed E-state index contributed by atoms with van der Waals surface area (Å²) in [5, 5.41) is 3.21. The zero-order valence-corrected chi connectivity index (χ0v) is 7.68. The fourth-order valence-corrected chi connectivity index (χ4v) is 1.13. The minimum absolute atomic E-state index is 0.0476. The van der Waals surface area contributed by atoms with E-state index in [1.54, 1.807) is 0 Å². The number of rotatable bonds is 2. The van der Waals surface area contributed by atoms with E-state index >= 15 is 0 Å². The minimum atomic E-state index is -0.530. The summed E-state index contributed by atoms with van der Waals surface area (Å²) >= 11 is 5.65. The maximum atomic E-state index is 12.9. The first-order chi connectivity index (χ1) is 6.20. The second-order valence-corrected chi connectivity index (χ2v) is 2.63. The molecule has 0 heterocycles. The molecule has 13 heavy (non-hydrogen) atoms. The van der Waals surface area contributed by atoms with Gasteiger partial charge in [-0.15, -0.1) is 0 Å². The summed E-state index contributed by atoms with van der Waals surface area (Å²) in [5.74, 6) is 4.84. The van der Waals surface area contributed by atoms with Crippen molar-refractivity contribution in [3.05, 3.63) is 28.5 Å². The highest BCUT2D eigenvalue weighted by molar-refractivity contribution is 6.33. The number of ether oxygens (including phenoxy) is 1. The van der Waals surface area contributed by atoms with Crippen molar-refractivity contribution in [3.8, 4) is 5.75 Å². The number of benzene rings is 1. The van der Waals surface area contributed by atoms with Crippen LogP contribution in [0.15, 0.2) is 17.2 Å². The molecule has 0 fully saturated rings. The van der Waals surface area contributed by atoms with Crippen molar-refractivity contribution in [3.63, 3.8) is 0 Å². The molecule has 0 saturated carbocycles. The molecule has 0 atom stereocenters. The Morgan fingerprint density at radius 3 is 2.85 bits per heavy atom. The Kier molecular flexibility index (Phi) is 3.08. The van der Waals surface area contributed by atoms with Crippen LogP contribution in [-0.4, -0.2) is 13.3 Å². The molecule has 0 aliphatic carbocycles. The van der Waals surface area contributed by atoms with Gasteiger partial charge < -0.3 is 10.6 Å². The van der Waals surface area contributed by atoms with Crippen LogP contribution in [0, 0.1) is 5.82 Å². The molecule has 2 N–H and O–H groups in total. The lowest BCUT2D eigenvalue weighted by Gasteiger charge is -2.05. The van der Waals surface area contributed by atoms with Crippen LogP contribution in [0.4, 0.5) is 4.39 Å². The van der Waals surface area contributed by atoms with Crippen LogP contribution in [-0.2, 0) is 0 Å². The normalized spacial score (nSPS) is 10.7. The van der Waals surface area contributed by atoms with Crippen molar-refractivity contribution in [1.82, 2.24) is 0 Å². The monoisotopic (exact) mass is 202 g/mol. The Labute approximate surface area is 79.9 Å². The Balaban J connectivity index is 3.32. The van der Waals surface area contributed by atoms with Gasteiger partial charge in [-0.25, -0.2) is 4.39 Å². The molecular formula is C8H8ClFN2O. The van der Waals surface area contributed by atoms with Crippen molar-refractivity contribution in [2.24, 2.45) is 10.9 Å². The first kappa shape index (κ1) is 9.80. The fraction of sp³-hybridized carbons (Fsp3) is 0.125. The highest BCUT2D eigenvalue weighted by atomic mass is 35.5. The summed E-state index contributed by atoms with van der Waals surface area (Å²) in [6.45, 7) is 0. The van der Waals surface area contributed by atoms with Gasteiger partial charge in [-0.05, 0) is 12.1 Å². The first-order valence-electron chi connectivity index (χ1n) is 3.46. The topological polar surface area (TPSA) is 47.6 Å². The third kappa shape index (κ3) is 1.89. The van der Waals surface area contributed by atoms with Crippen LogP contribution in [0.25, 0.3) is 0 Å². The van der Waals surface area contributed by atoms with Crippen molar-refractivity contribution in [2.45, 2.75) is 0 Å². The third-order valence-electron chi connectivity index (χ3n) is 1.52. The van der Waals surface area contributed by atoms with E-state index in [2.05, 4.69) is 5.10 Å². The van der Waals surface area contributed by atoms with E-state index in [1.807, 2.05) is 0 Å². The van der Waals surface area contributed by atoms with Crippen molar-refractivity contribution < 1.29 is 9.13 Å². The molecule has 0 unspecified atom stereocenters. The average Bonchev–Trinajstić information content (AvgIpc) is 2.14. The highest BCUT2D eigenvalue weighted by Crippen LogP contribution is 2.27. The molecule has 0 radical (unpaired) electrons. The lowest BCUT2D eigenvalue weighted by molar-refractivity contribution is 0.413. The summed E-state index contributed by atoms with van der Waals surface area (Å²) in [6, 6.07) is 2.67. The number of halogens is 2. The van der Waals surface area contributed by atoms with Gasteiger partial charge >= 0.3 is 0 Å². The fourth-order valence-electron chi connectivity index (χ4n) is 0.921. The van der Waals surface area contributed by atoms with Gasteiger partial charge in [-0.2, -0.15) is 5.10 Å². The van der Waals surface area contributed by atoms with Crippen LogP contribution < -0.4 is 10.6 Å². The summed E-state index contributed by atoms with van der Waals surface area (Å²) in [7, 11) is 1.46. The van der Waals surface area contributed by atoms with E-state index in [9.17, 15) is 4.39 Å². The number of hydrazone groups is 1. The SMILES string of the molecule is COc1ccc(F)c(Cl)c1C=NN. The van der Waals surface area contributed by atoms with Gasteiger partial charge in [-0.1, -0.05) is 11.6 Å². The largest absolute Gasteiger partial charge is 0.496 e. The maximum absolute atomic E-state index is 12.9. The summed E-state index contributed by atoms with van der Waals surface area (Å²) in [5.41, 5.74) is 0.340. The number of nitrogens with two attached hydrogens (primary N) is 1. The first-order valence-corrected chi connectivity index (χ1v) is 3.83. The predicted octanol–water partition coefficient (Wildman–Crippen LogP) is 1.78. The standard InChI is InChI=1S/C8H8ClFN2O/c1-13-7-3-2-6(10)8(9)5(7)4-12-11/h2-4H,11H2,1H3. The maximum Gasteiger partial charge on any atom is 0.142 e. The van der Waals surface area contributed by atoms with Gasteiger partial charge in [0.05, 0.1) is 23.9 Å². The minimum Gasteiger partial charge on any atom is -0.496 e. The van der Waals surface area contributed by atoms with Crippen LogP contribution >= 0.6 is 11.6 Å². The average molecular weight is 203 g/mol. The Bertz CT molecular complexity index is 341. The van der Waals surface area contributed by atoms with E-state index in [4.69, 9.17) is 22.2 Å². The van der Waals surface area contributed by atoms with E-state index in [-0.39, 0.29) is 5.02 Å². The predicted molar refractivity (Wildman–Crippen MR) is 49.7 cm³/mol. The van der Waals surface area contributed by atoms with Gasteiger partial charge in [0.15, 0.2) is 0 Å². The molecule has 1 rings (SSSR count). The molecule has 0 aliphatic rings. The zero-order valence-electron chi connectivity index (χ0n) is 6.92. The smallest absolute Gasteiger partial charge is 0.142 e. The van der Waals surface area contributed by atoms with E-state index in [0.29, 0.717) is 11.3 Å². The molecule has 1 aromatic carbocycles. The van der Waals surface area contributed by atoms with Gasteiger partial charge in [0.25, 0.3) is 0 Å². The Hall–Kier alpha value is -1.29. The second kappa shape index (κ2) is 4.09. The van der Waals surface area contributed by atoms with E-state index in [0.717, 1.165) is 0 Å². The molecule has 70 valence electrons. The van der Waals surface area contributed by atoms with Crippen LogP contribution in [0.1, 0.15) is 5.56 Å². The van der Waals surface area contributed by atoms with Crippen LogP contribution in [0.5, 0.6) is 5.75 Å². The summed E-state index contributed by atoms with van der Waals surface area (Å²) in [4.78, 5) is 0. The summed E-state index contributed by atoms with van der Waals surface area (Å²) < 4.78 is 17.9. The van der Waals surface area contributed by atoms with Gasteiger partial charge in [0, 0.05) is 0 Å². The highest BCUT2D eigenvalue weighted by Gasteiger charge is 2.09. The van der Waals surface area contributed by atoms with Gasteiger partial charge in [-0.3, -0.25) is 0 Å². The summed E-state index contributed by atoms with van der Waals surface area (Å²) in [6.07, 6.45) is 1.24. The molecule has 0 aliphatic heterocycles. The van der Waals surface area contributed by atoms with Gasteiger partial charge in [0.2, 0.25) is 0 Å². The Morgan fingerprint density at radius 1 is 1.62 bits per heavy atom. The molecule has 0 bridgehead atoms. The van der Waals surface area contributed by atoms with Crippen LogP contribution in [0.2, 0.25) is 5.02 Å². The number of hydrogen-bond donors (Lipinski definition) is 1. The van der Waals surface area contributed by atoms with Crippen molar-refractivity contribution in [2.75, 3.05) is 7.11 Å². The van der Waals surface area contributed by atoms with E-state index in [1.165, 1.54) is 25.5 Å². The second-order valence-electron chi connectivity index (χ2n) is 2.26. The molecule has 3 nitrogen and oxygen atoms in total. The third-order valence-corrected chi connectivity index (χ3v) is 1.90. The zero-order chi connectivity index (χ0) is 9.84. The molecular weight excluding hydrogens is 195 g/mol. The van der Waals surface area contributed by atoms with Crippen LogP contribution in [0.3, 0.4) is 0 Å². The quantitative estimate of drug-likeness (QED) is 0.452. The lowest BCUT2D eigenvalue weighted by Crippen LogP contribution is -1.95. The van der Waals surface area contributed by atoms with Gasteiger partial charge in [0.1, 0.15) is 11.6 Å². The molecule has 0 saturated heterocycles. The molecule has 0 spiro atoms. The van der Waals surface area contributed by atoms with E-state index < -0.39 is 5.82 Å². The molecule has 1 aromatic rings. The lowest BCUT2D eigenvalue weighted by atomic mass is 10.2.